The second kappa shape index (κ2) is 7.39. The third-order valence-electron chi connectivity index (χ3n) is 2.44. The summed E-state index contributed by atoms with van der Waals surface area (Å²) in [6, 6.07) is 4.81. The van der Waals surface area contributed by atoms with E-state index in [0.717, 1.165) is 7.88 Å². The Hall–Kier alpha value is -0.420. The predicted molar refractivity (Wildman–Crippen MR) is 78.6 cm³/mol. The highest BCUT2D eigenvalue weighted by atomic mass is 127. The highest BCUT2D eigenvalue weighted by Gasteiger charge is 2.27. The molecule has 0 aromatic heterocycles. The van der Waals surface area contributed by atoms with Crippen molar-refractivity contribution in [2.75, 3.05) is 33.4 Å². The summed E-state index contributed by atoms with van der Waals surface area (Å²) in [4.78, 5) is 0.0313. The van der Waals surface area contributed by atoms with Crippen LogP contribution in [-0.2, 0) is 10.0 Å². The fourth-order valence-corrected chi connectivity index (χ4v) is 3.87. The van der Waals surface area contributed by atoms with Crippen molar-refractivity contribution in [1.82, 2.24) is 4.31 Å². The zero-order chi connectivity index (χ0) is 14.5. The largest absolute Gasteiger partial charge is 0.495 e. The Morgan fingerprint density at radius 2 is 1.84 bits per heavy atom. The van der Waals surface area contributed by atoms with Gasteiger partial charge in [-0.05, 0) is 40.8 Å². The van der Waals surface area contributed by atoms with Gasteiger partial charge in [0.2, 0.25) is 10.0 Å². The molecule has 0 saturated heterocycles. The van der Waals surface area contributed by atoms with Gasteiger partial charge in [-0.1, -0.05) is 0 Å². The van der Waals surface area contributed by atoms with Gasteiger partial charge in [-0.25, -0.2) is 8.42 Å². The first kappa shape index (κ1) is 16.6. The Balaban J connectivity index is 3.27. The monoisotopic (exact) mass is 401 g/mol. The van der Waals surface area contributed by atoms with Gasteiger partial charge in [0, 0.05) is 16.7 Å². The molecule has 0 unspecified atom stereocenters. The van der Waals surface area contributed by atoms with E-state index in [1.54, 1.807) is 12.1 Å². The molecule has 1 rings (SSSR count). The van der Waals surface area contributed by atoms with Gasteiger partial charge in [0.15, 0.2) is 0 Å². The lowest BCUT2D eigenvalue weighted by molar-refractivity contribution is 0.217. The zero-order valence-corrected chi connectivity index (χ0v) is 13.4. The SMILES string of the molecule is COc1ccc(I)cc1S(=O)(=O)N(CCO)CCO. The van der Waals surface area contributed by atoms with Gasteiger partial charge >= 0.3 is 0 Å². The first-order valence-electron chi connectivity index (χ1n) is 5.52. The third kappa shape index (κ3) is 4.02. The van der Waals surface area contributed by atoms with Gasteiger partial charge in [-0.15, -0.1) is 0 Å². The molecular formula is C11H16INO5S. The molecule has 0 aliphatic carbocycles. The number of sulfonamides is 1. The predicted octanol–water partition coefficient (Wildman–Crippen LogP) is 0.275. The molecule has 0 bridgehead atoms. The van der Waals surface area contributed by atoms with E-state index in [0.29, 0.717) is 0 Å². The van der Waals surface area contributed by atoms with E-state index < -0.39 is 10.0 Å². The summed E-state index contributed by atoms with van der Waals surface area (Å²) >= 11 is 2.01. The van der Waals surface area contributed by atoms with Crippen LogP contribution >= 0.6 is 22.6 Å². The molecule has 19 heavy (non-hydrogen) atoms. The molecule has 0 fully saturated rings. The highest BCUT2D eigenvalue weighted by Crippen LogP contribution is 2.28. The number of aliphatic hydroxyl groups is 2. The quantitative estimate of drug-likeness (QED) is 0.641. The van der Waals surface area contributed by atoms with E-state index in [-0.39, 0.29) is 36.9 Å². The summed E-state index contributed by atoms with van der Waals surface area (Å²) in [5.74, 6) is 0.237. The Labute approximate surface area is 126 Å². The Morgan fingerprint density at radius 1 is 1.26 bits per heavy atom. The van der Waals surface area contributed by atoms with Crippen LogP contribution in [0.2, 0.25) is 0 Å². The number of halogens is 1. The van der Waals surface area contributed by atoms with Crippen LogP contribution in [0.25, 0.3) is 0 Å². The molecule has 0 aliphatic heterocycles. The fourth-order valence-electron chi connectivity index (χ4n) is 1.57. The molecule has 0 amide bonds. The lowest BCUT2D eigenvalue weighted by Gasteiger charge is -2.21. The van der Waals surface area contributed by atoms with Crippen LogP contribution < -0.4 is 4.74 Å². The number of hydrogen-bond donors (Lipinski definition) is 2. The average molecular weight is 401 g/mol. The summed E-state index contributed by atoms with van der Waals surface area (Å²) < 4.78 is 31.8. The van der Waals surface area contributed by atoms with Gasteiger partial charge < -0.3 is 14.9 Å². The maximum atomic E-state index is 12.5. The number of benzene rings is 1. The van der Waals surface area contributed by atoms with Gasteiger partial charge in [0.25, 0.3) is 0 Å². The molecule has 6 nitrogen and oxygen atoms in total. The van der Waals surface area contributed by atoms with Gasteiger partial charge in [0.05, 0.1) is 20.3 Å². The van der Waals surface area contributed by atoms with Crippen LogP contribution in [-0.4, -0.2) is 56.3 Å². The molecule has 8 heteroatoms. The number of aliphatic hydroxyl groups excluding tert-OH is 2. The fraction of sp³-hybridized carbons (Fsp3) is 0.455. The van der Waals surface area contributed by atoms with Crippen molar-refractivity contribution in [3.05, 3.63) is 21.8 Å². The standard InChI is InChI=1S/C11H16INO5S/c1-18-10-3-2-9(12)8-11(10)19(16,17)13(4-6-14)5-7-15/h2-3,8,14-15H,4-7H2,1H3. The van der Waals surface area contributed by atoms with Crippen LogP contribution in [0.3, 0.4) is 0 Å². The molecule has 2 N–H and O–H groups in total. The number of ether oxygens (including phenoxy) is 1. The number of nitrogens with zero attached hydrogens (tertiary/aromatic N) is 1. The summed E-state index contributed by atoms with van der Waals surface area (Å²) in [5.41, 5.74) is 0. The summed E-state index contributed by atoms with van der Waals surface area (Å²) in [7, 11) is -2.41. The Kier molecular flexibility index (Phi) is 6.47. The van der Waals surface area contributed by atoms with E-state index >= 15 is 0 Å². The van der Waals surface area contributed by atoms with Gasteiger partial charge in [-0.3, -0.25) is 0 Å². The number of rotatable bonds is 7. The molecular weight excluding hydrogens is 385 g/mol. The normalized spacial score (nSPS) is 11.8. The van der Waals surface area contributed by atoms with Crippen LogP contribution in [0.1, 0.15) is 0 Å². The molecule has 0 atom stereocenters. The molecule has 0 spiro atoms. The third-order valence-corrected chi connectivity index (χ3v) is 5.03. The van der Waals surface area contributed by atoms with Gasteiger partial charge in [0.1, 0.15) is 10.6 Å². The topological polar surface area (TPSA) is 87.1 Å². The van der Waals surface area contributed by atoms with Gasteiger partial charge in [-0.2, -0.15) is 4.31 Å². The van der Waals surface area contributed by atoms with Crippen LogP contribution in [0, 0.1) is 3.57 Å². The summed E-state index contributed by atoms with van der Waals surface area (Å²) in [6.07, 6.45) is 0. The Morgan fingerprint density at radius 3 is 2.32 bits per heavy atom. The second-order valence-corrected chi connectivity index (χ2v) is 6.80. The number of methoxy groups -OCH3 is 1. The highest BCUT2D eigenvalue weighted by molar-refractivity contribution is 14.1. The molecule has 0 saturated carbocycles. The maximum absolute atomic E-state index is 12.5. The minimum absolute atomic E-state index is 0.0313. The lowest BCUT2D eigenvalue weighted by Crippen LogP contribution is -2.36. The molecule has 0 aliphatic rings. The summed E-state index contributed by atoms with van der Waals surface area (Å²) in [5, 5.41) is 17.9. The van der Waals surface area contributed by atoms with Crippen molar-refractivity contribution in [2.24, 2.45) is 0 Å². The van der Waals surface area contributed by atoms with E-state index in [9.17, 15) is 8.42 Å². The first-order chi connectivity index (χ1) is 8.97. The minimum Gasteiger partial charge on any atom is -0.495 e. The molecule has 0 heterocycles. The van der Waals surface area contributed by atoms with Crippen molar-refractivity contribution in [3.8, 4) is 5.75 Å². The van der Waals surface area contributed by atoms with E-state index in [4.69, 9.17) is 14.9 Å². The smallest absolute Gasteiger partial charge is 0.246 e. The van der Waals surface area contributed by atoms with Crippen LogP contribution in [0.15, 0.2) is 23.1 Å². The van der Waals surface area contributed by atoms with E-state index in [1.807, 2.05) is 22.6 Å². The van der Waals surface area contributed by atoms with Crippen molar-refractivity contribution >= 4 is 32.6 Å². The van der Waals surface area contributed by atoms with Crippen LogP contribution in [0.4, 0.5) is 0 Å². The number of hydrogen-bond acceptors (Lipinski definition) is 5. The first-order valence-corrected chi connectivity index (χ1v) is 8.04. The van der Waals surface area contributed by atoms with E-state index in [1.165, 1.54) is 13.2 Å². The zero-order valence-electron chi connectivity index (χ0n) is 10.4. The van der Waals surface area contributed by atoms with Crippen molar-refractivity contribution in [3.63, 3.8) is 0 Å². The average Bonchev–Trinajstić information content (AvgIpc) is 2.38. The van der Waals surface area contributed by atoms with Crippen molar-refractivity contribution < 1.29 is 23.4 Å². The molecule has 0 radical (unpaired) electrons. The molecule has 1 aromatic carbocycles. The van der Waals surface area contributed by atoms with Crippen molar-refractivity contribution in [1.29, 1.82) is 0 Å². The van der Waals surface area contributed by atoms with E-state index in [2.05, 4.69) is 0 Å². The molecule has 108 valence electrons. The maximum Gasteiger partial charge on any atom is 0.246 e. The lowest BCUT2D eigenvalue weighted by atomic mass is 10.3. The summed E-state index contributed by atoms with van der Waals surface area (Å²) in [6.45, 7) is -0.772. The second-order valence-electron chi connectivity index (χ2n) is 3.65. The van der Waals surface area contributed by atoms with Crippen molar-refractivity contribution in [2.45, 2.75) is 4.90 Å². The Bertz CT molecular complexity index is 514. The molecule has 1 aromatic rings. The minimum atomic E-state index is -3.81. The van der Waals surface area contributed by atoms with Crippen LogP contribution in [0.5, 0.6) is 5.75 Å².